The number of aryl methyl sites for hydroxylation is 1. The fourth-order valence-electron chi connectivity index (χ4n) is 3.32. The Morgan fingerprint density at radius 1 is 1.03 bits per heavy atom. The van der Waals surface area contributed by atoms with Crippen LogP contribution in [0.3, 0.4) is 0 Å². The molecule has 0 bridgehead atoms. The molecule has 1 aliphatic rings. The lowest BCUT2D eigenvalue weighted by Gasteiger charge is -2.20. The van der Waals surface area contributed by atoms with Gasteiger partial charge in [0.2, 0.25) is 0 Å². The van der Waals surface area contributed by atoms with E-state index in [2.05, 4.69) is 5.32 Å². The zero-order valence-corrected chi connectivity index (χ0v) is 18.9. The highest BCUT2D eigenvalue weighted by atomic mass is 35.5. The van der Waals surface area contributed by atoms with Crippen molar-refractivity contribution in [3.63, 3.8) is 0 Å². The minimum Gasteiger partial charge on any atom is -0.489 e. The summed E-state index contributed by atoms with van der Waals surface area (Å²) < 4.78 is 5.86. The number of carbonyl (C=O) groups excluding carboxylic acids is 2. The van der Waals surface area contributed by atoms with Crippen LogP contribution in [0.4, 0.5) is 11.4 Å². The quantitative estimate of drug-likeness (QED) is 0.473. The second-order valence-corrected chi connectivity index (χ2v) is 8.75. The molecule has 0 unspecified atom stereocenters. The number of imide groups is 1. The topological polar surface area (TPSA) is 58.6 Å². The van der Waals surface area contributed by atoms with Gasteiger partial charge in [0.05, 0.1) is 17.4 Å². The smallest absolute Gasteiger partial charge is 0.282 e. The Hall–Kier alpha value is -3.09. The van der Waals surface area contributed by atoms with E-state index < -0.39 is 11.8 Å². The number of anilines is 2. The predicted molar refractivity (Wildman–Crippen MR) is 126 cm³/mol. The number of thiophene rings is 1. The lowest BCUT2D eigenvalue weighted by atomic mass is 10.1. The maximum Gasteiger partial charge on any atom is 0.282 e. The normalized spacial score (nSPS) is 14.0. The van der Waals surface area contributed by atoms with E-state index in [1.807, 2.05) is 56.5 Å². The van der Waals surface area contributed by atoms with Gasteiger partial charge in [-0.05, 0) is 62.0 Å². The van der Waals surface area contributed by atoms with Crippen LogP contribution in [-0.2, 0) is 9.59 Å². The van der Waals surface area contributed by atoms with Crippen LogP contribution in [0.25, 0.3) is 5.57 Å². The van der Waals surface area contributed by atoms with Crippen LogP contribution >= 0.6 is 22.9 Å². The number of ether oxygens (including phenoxy) is 1. The first-order valence-electron chi connectivity index (χ1n) is 9.82. The standard InChI is InChI=1S/C24H21ClN2O3S/c1-14(2)30-19-8-5-4-7-18(19)27-23(28)21(20-9-6-12-31-20)22(24(27)29)26-16-11-10-15(3)17(25)13-16/h4-14,26H,1-3H3. The van der Waals surface area contributed by atoms with Crippen molar-refractivity contribution in [2.24, 2.45) is 0 Å². The van der Waals surface area contributed by atoms with E-state index in [-0.39, 0.29) is 11.8 Å². The van der Waals surface area contributed by atoms with Crippen LogP contribution in [0.5, 0.6) is 5.75 Å². The number of carbonyl (C=O) groups is 2. The van der Waals surface area contributed by atoms with E-state index in [4.69, 9.17) is 16.3 Å². The lowest BCUT2D eigenvalue weighted by Crippen LogP contribution is -2.33. The summed E-state index contributed by atoms with van der Waals surface area (Å²) >= 11 is 7.66. The molecule has 0 atom stereocenters. The second kappa shape index (κ2) is 8.57. The number of amides is 2. The van der Waals surface area contributed by atoms with Crippen molar-refractivity contribution in [1.82, 2.24) is 0 Å². The fraction of sp³-hybridized carbons (Fsp3) is 0.167. The zero-order valence-electron chi connectivity index (χ0n) is 17.3. The Morgan fingerprint density at radius 2 is 1.81 bits per heavy atom. The SMILES string of the molecule is Cc1ccc(NC2=C(c3cccs3)C(=O)N(c3ccccc3OC(C)C)C2=O)cc1Cl. The van der Waals surface area contributed by atoms with Crippen molar-refractivity contribution < 1.29 is 14.3 Å². The molecular weight excluding hydrogens is 432 g/mol. The summed E-state index contributed by atoms with van der Waals surface area (Å²) in [5.74, 6) is -0.359. The van der Waals surface area contributed by atoms with Gasteiger partial charge in [0.1, 0.15) is 11.4 Å². The number of nitrogens with one attached hydrogen (secondary N) is 1. The van der Waals surface area contributed by atoms with Crippen LogP contribution in [0.15, 0.2) is 65.7 Å². The molecule has 0 saturated heterocycles. The van der Waals surface area contributed by atoms with Crippen molar-refractivity contribution in [2.75, 3.05) is 10.2 Å². The van der Waals surface area contributed by atoms with Gasteiger partial charge >= 0.3 is 0 Å². The van der Waals surface area contributed by atoms with Gasteiger partial charge in [0.25, 0.3) is 11.8 Å². The van der Waals surface area contributed by atoms with Gasteiger partial charge in [-0.2, -0.15) is 0 Å². The molecule has 158 valence electrons. The van der Waals surface area contributed by atoms with E-state index in [0.29, 0.717) is 32.6 Å². The van der Waals surface area contributed by atoms with E-state index >= 15 is 0 Å². The molecule has 7 heteroatoms. The summed E-state index contributed by atoms with van der Waals surface area (Å²) in [6, 6.07) is 16.2. The number of benzene rings is 2. The molecule has 1 aromatic heterocycles. The van der Waals surface area contributed by atoms with Crippen molar-refractivity contribution in [2.45, 2.75) is 26.9 Å². The number of nitrogens with zero attached hydrogens (tertiary/aromatic N) is 1. The van der Waals surface area contributed by atoms with Gasteiger partial charge in [-0.3, -0.25) is 9.59 Å². The zero-order chi connectivity index (χ0) is 22.1. The average molecular weight is 453 g/mol. The first kappa shape index (κ1) is 21.2. The van der Waals surface area contributed by atoms with Crippen molar-refractivity contribution in [1.29, 1.82) is 0 Å². The van der Waals surface area contributed by atoms with E-state index in [1.54, 1.807) is 24.3 Å². The summed E-state index contributed by atoms with van der Waals surface area (Å²) in [5, 5.41) is 5.59. The summed E-state index contributed by atoms with van der Waals surface area (Å²) in [4.78, 5) is 28.9. The molecule has 0 aliphatic carbocycles. The van der Waals surface area contributed by atoms with Gasteiger partial charge in [0.15, 0.2) is 0 Å². The highest BCUT2D eigenvalue weighted by molar-refractivity contribution is 7.11. The Kier molecular flexibility index (Phi) is 5.85. The maximum atomic E-state index is 13.5. The van der Waals surface area contributed by atoms with Gasteiger partial charge in [-0.15, -0.1) is 11.3 Å². The maximum absolute atomic E-state index is 13.5. The lowest BCUT2D eigenvalue weighted by molar-refractivity contribution is -0.120. The number of halogens is 1. The number of para-hydroxylation sites is 2. The monoisotopic (exact) mass is 452 g/mol. The Morgan fingerprint density at radius 3 is 2.48 bits per heavy atom. The fourth-order valence-corrected chi connectivity index (χ4v) is 4.27. The van der Waals surface area contributed by atoms with Crippen LogP contribution in [0, 0.1) is 6.92 Å². The van der Waals surface area contributed by atoms with Crippen molar-refractivity contribution >= 4 is 51.7 Å². The van der Waals surface area contributed by atoms with Gasteiger partial charge < -0.3 is 10.1 Å². The Bertz CT molecular complexity index is 1190. The van der Waals surface area contributed by atoms with Crippen molar-refractivity contribution in [3.8, 4) is 5.75 Å². The molecule has 5 nitrogen and oxygen atoms in total. The molecule has 2 amide bonds. The van der Waals surface area contributed by atoms with E-state index in [1.165, 1.54) is 16.2 Å². The third-order valence-corrected chi connectivity index (χ3v) is 6.06. The van der Waals surface area contributed by atoms with Crippen LogP contribution in [0.1, 0.15) is 24.3 Å². The molecule has 3 aromatic rings. The van der Waals surface area contributed by atoms with E-state index in [9.17, 15) is 9.59 Å². The van der Waals surface area contributed by atoms with Crippen molar-refractivity contribution in [3.05, 3.63) is 81.1 Å². The van der Waals surface area contributed by atoms with Crippen LogP contribution < -0.4 is 15.0 Å². The molecule has 1 aliphatic heterocycles. The summed E-state index contributed by atoms with van der Waals surface area (Å²) in [7, 11) is 0. The molecule has 31 heavy (non-hydrogen) atoms. The minimum absolute atomic E-state index is 0.106. The number of rotatable bonds is 6. The molecule has 0 fully saturated rings. The summed E-state index contributed by atoms with van der Waals surface area (Å²) in [6.07, 6.45) is -0.106. The first-order valence-corrected chi connectivity index (χ1v) is 11.1. The van der Waals surface area contributed by atoms with Gasteiger partial charge in [-0.25, -0.2) is 4.90 Å². The average Bonchev–Trinajstić information content (AvgIpc) is 3.32. The third kappa shape index (κ3) is 4.09. The molecular formula is C24H21ClN2O3S. The molecule has 0 radical (unpaired) electrons. The largest absolute Gasteiger partial charge is 0.489 e. The van der Waals surface area contributed by atoms with Gasteiger partial charge in [-0.1, -0.05) is 35.9 Å². The Balaban J connectivity index is 1.80. The predicted octanol–water partition coefficient (Wildman–Crippen LogP) is 5.89. The van der Waals surface area contributed by atoms with Crippen LogP contribution in [0.2, 0.25) is 5.02 Å². The number of hydrogen-bond donors (Lipinski definition) is 1. The second-order valence-electron chi connectivity index (χ2n) is 7.40. The summed E-state index contributed by atoms with van der Waals surface area (Å²) in [6.45, 7) is 5.70. The summed E-state index contributed by atoms with van der Waals surface area (Å²) in [5.41, 5.74) is 2.52. The Labute approximate surface area is 189 Å². The molecule has 1 N–H and O–H groups in total. The minimum atomic E-state index is -0.440. The molecule has 2 heterocycles. The molecule has 2 aromatic carbocycles. The number of hydrogen-bond acceptors (Lipinski definition) is 5. The molecule has 0 saturated carbocycles. The molecule has 0 spiro atoms. The molecule has 4 rings (SSSR count). The third-order valence-electron chi connectivity index (χ3n) is 4.76. The van der Waals surface area contributed by atoms with E-state index in [0.717, 1.165) is 5.56 Å². The van der Waals surface area contributed by atoms with Gasteiger partial charge in [0, 0.05) is 15.6 Å². The first-order chi connectivity index (χ1) is 14.9. The highest BCUT2D eigenvalue weighted by Gasteiger charge is 2.41. The van der Waals surface area contributed by atoms with Crippen LogP contribution in [-0.4, -0.2) is 17.9 Å². The highest BCUT2D eigenvalue weighted by Crippen LogP contribution is 2.39.